The van der Waals surface area contributed by atoms with E-state index in [1.165, 1.54) is 0 Å². The molecule has 1 atom stereocenters. The molecule has 2 aromatic rings. The van der Waals surface area contributed by atoms with Crippen molar-refractivity contribution in [2.24, 2.45) is 5.73 Å². The van der Waals surface area contributed by atoms with Gasteiger partial charge in [-0.3, -0.25) is 4.98 Å². The Morgan fingerprint density at radius 3 is 2.57 bits per heavy atom. The highest BCUT2D eigenvalue weighted by molar-refractivity contribution is 5.31. The van der Waals surface area contributed by atoms with E-state index in [1.807, 2.05) is 31.2 Å². The van der Waals surface area contributed by atoms with E-state index in [4.69, 9.17) is 10.5 Å². The summed E-state index contributed by atoms with van der Waals surface area (Å²) in [6, 6.07) is 11.0. The van der Waals surface area contributed by atoms with Gasteiger partial charge in [0.15, 0.2) is 0 Å². The molecule has 2 rings (SSSR count). The third-order valence-corrected chi connectivity index (χ3v) is 3.38. The first-order chi connectivity index (χ1) is 10.1. The molecular weight excluding hydrogens is 264 g/mol. The summed E-state index contributed by atoms with van der Waals surface area (Å²) < 4.78 is 5.86. The zero-order valence-corrected chi connectivity index (χ0v) is 12.5. The lowest BCUT2D eigenvalue weighted by atomic mass is 10.1. The van der Waals surface area contributed by atoms with Crippen LogP contribution in [0.4, 0.5) is 0 Å². The fraction of sp³-hybridized carbons (Fsp3) is 0.353. The minimum atomic E-state index is 0.0929. The van der Waals surface area contributed by atoms with Crippen LogP contribution < -0.4 is 10.5 Å². The summed E-state index contributed by atoms with van der Waals surface area (Å²) in [5.41, 5.74) is 8.89. The van der Waals surface area contributed by atoms with Gasteiger partial charge in [0.25, 0.3) is 0 Å². The average Bonchev–Trinajstić information content (AvgIpc) is 2.48. The van der Waals surface area contributed by atoms with E-state index in [0.29, 0.717) is 13.0 Å². The molecule has 4 nitrogen and oxygen atoms in total. The summed E-state index contributed by atoms with van der Waals surface area (Å²) in [6.07, 6.45) is 1.62. The average molecular weight is 286 g/mol. The minimum Gasteiger partial charge on any atom is -0.508 e. The molecule has 0 aliphatic carbocycles. The van der Waals surface area contributed by atoms with Crippen molar-refractivity contribution in [2.75, 3.05) is 0 Å². The first kappa shape index (κ1) is 15.3. The van der Waals surface area contributed by atoms with E-state index in [0.717, 1.165) is 29.1 Å². The quantitative estimate of drug-likeness (QED) is 0.856. The van der Waals surface area contributed by atoms with Crippen molar-refractivity contribution in [2.45, 2.75) is 39.3 Å². The molecule has 0 aliphatic heterocycles. The highest BCUT2D eigenvalue weighted by Gasteiger charge is 2.10. The van der Waals surface area contributed by atoms with Crippen LogP contribution in [-0.4, -0.2) is 16.1 Å². The predicted molar refractivity (Wildman–Crippen MR) is 83.4 cm³/mol. The molecule has 112 valence electrons. The number of hydrogen-bond acceptors (Lipinski definition) is 4. The summed E-state index contributed by atoms with van der Waals surface area (Å²) in [6.45, 7) is 4.47. The standard InChI is InChI=1S/C17H22N2O2/c1-3-14(18)10-16-17(9-4-12(2)19-16)21-11-13-5-7-15(20)8-6-13/h4-9,14,20H,3,10-11,18H2,1-2H3. The van der Waals surface area contributed by atoms with E-state index in [9.17, 15) is 5.11 Å². The Hall–Kier alpha value is -2.07. The molecule has 0 amide bonds. The van der Waals surface area contributed by atoms with Gasteiger partial charge in [0.05, 0.1) is 5.69 Å². The van der Waals surface area contributed by atoms with Gasteiger partial charge in [-0.15, -0.1) is 0 Å². The van der Waals surface area contributed by atoms with Gasteiger partial charge >= 0.3 is 0 Å². The number of ether oxygens (including phenoxy) is 1. The van der Waals surface area contributed by atoms with Crippen LogP contribution in [0.5, 0.6) is 11.5 Å². The third-order valence-electron chi connectivity index (χ3n) is 3.38. The maximum atomic E-state index is 9.28. The molecule has 0 saturated heterocycles. The van der Waals surface area contributed by atoms with E-state index >= 15 is 0 Å². The first-order valence-corrected chi connectivity index (χ1v) is 7.21. The monoisotopic (exact) mass is 286 g/mol. The predicted octanol–water partition coefficient (Wildman–Crippen LogP) is 2.95. The number of pyridine rings is 1. The fourth-order valence-corrected chi connectivity index (χ4v) is 2.02. The van der Waals surface area contributed by atoms with Gasteiger partial charge in [0, 0.05) is 18.2 Å². The number of hydrogen-bond donors (Lipinski definition) is 2. The lowest BCUT2D eigenvalue weighted by molar-refractivity contribution is 0.300. The lowest BCUT2D eigenvalue weighted by Gasteiger charge is -2.14. The van der Waals surface area contributed by atoms with Crippen molar-refractivity contribution in [3.05, 3.63) is 53.3 Å². The van der Waals surface area contributed by atoms with Gasteiger partial charge in [-0.2, -0.15) is 0 Å². The number of rotatable bonds is 6. The van der Waals surface area contributed by atoms with Crippen LogP contribution in [0.2, 0.25) is 0 Å². The van der Waals surface area contributed by atoms with Crippen LogP contribution >= 0.6 is 0 Å². The van der Waals surface area contributed by atoms with Crippen LogP contribution in [-0.2, 0) is 13.0 Å². The highest BCUT2D eigenvalue weighted by Crippen LogP contribution is 2.21. The molecule has 1 aromatic carbocycles. The number of nitrogens with zero attached hydrogens (tertiary/aromatic N) is 1. The van der Waals surface area contributed by atoms with Crippen molar-refractivity contribution < 1.29 is 9.84 Å². The van der Waals surface area contributed by atoms with Gasteiger partial charge in [-0.05, 0) is 43.2 Å². The van der Waals surface area contributed by atoms with Gasteiger partial charge in [0.1, 0.15) is 18.1 Å². The molecular formula is C17H22N2O2. The molecule has 0 spiro atoms. The maximum absolute atomic E-state index is 9.28. The Bertz CT molecular complexity index is 582. The largest absolute Gasteiger partial charge is 0.508 e. The topological polar surface area (TPSA) is 68.4 Å². The van der Waals surface area contributed by atoms with Crippen LogP contribution in [0, 0.1) is 6.92 Å². The van der Waals surface area contributed by atoms with Gasteiger partial charge < -0.3 is 15.6 Å². The molecule has 0 saturated carbocycles. The number of aromatic hydroxyl groups is 1. The SMILES string of the molecule is CCC(N)Cc1nc(C)ccc1OCc1ccc(O)cc1. The number of benzene rings is 1. The zero-order chi connectivity index (χ0) is 15.2. The highest BCUT2D eigenvalue weighted by atomic mass is 16.5. The fourth-order valence-electron chi connectivity index (χ4n) is 2.02. The van der Waals surface area contributed by atoms with E-state index in [1.54, 1.807) is 12.1 Å². The molecule has 21 heavy (non-hydrogen) atoms. The summed E-state index contributed by atoms with van der Waals surface area (Å²) in [4.78, 5) is 4.54. The van der Waals surface area contributed by atoms with Crippen molar-refractivity contribution >= 4 is 0 Å². The molecule has 3 N–H and O–H groups in total. The Morgan fingerprint density at radius 1 is 1.19 bits per heavy atom. The Labute approximate surface area is 125 Å². The first-order valence-electron chi connectivity index (χ1n) is 7.21. The number of phenolic OH excluding ortho intramolecular Hbond substituents is 1. The smallest absolute Gasteiger partial charge is 0.141 e. The van der Waals surface area contributed by atoms with E-state index < -0.39 is 0 Å². The van der Waals surface area contributed by atoms with E-state index in [-0.39, 0.29) is 11.8 Å². The van der Waals surface area contributed by atoms with Crippen molar-refractivity contribution in [1.82, 2.24) is 4.98 Å². The summed E-state index contributed by atoms with van der Waals surface area (Å²) in [5, 5.41) is 9.28. The minimum absolute atomic E-state index is 0.0929. The Balaban J connectivity index is 2.09. The summed E-state index contributed by atoms with van der Waals surface area (Å²) >= 11 is 0. The number of nitrogens with two attached hydrogens (primary N) is 1. The Morgan fingerprint density at radius 2 is 1.90 bits per heavy atom. The van der Waals surface area contributed by atoms with Gasteiger partial charge in [-0.25, -0.2) is 0 Å². The number of aromatic nitrogens is 1. The third kappa shape index (κ3) is 4.46. The zero-order valence-electron chi connectivity index (χ0n) is 12.5. The van der Waals surface area contributed by atoms with Gasteiger partial charge in [-0.1, -0.05) is 19.1 Å². The van der Waals surface area contributed by atoms with Crippen LogP contribution in [0.15, 0.2) is 36.4 Å². The molecule has 0 radical (unpaired) electrons. The van der Waals surface area contributed by atoms with Crippen molar-refractivity contribution in [1.29, 1.82) is 0 Å². The summed E-state index contributed by atoms with van der Waals surface area (Å²) in [5.74, 6) is 1.03. The van der Waals surface area contributed by atoms with Gasteiger partial charge in [0.2, 0.25) is 0 Å². The maximum Gasteiger partial charge on any atom is 0.141 e. The van der Waals surface area contributed by atoms with Crippen LogP contribution in [0.3, 0.4) is 0 Å². The lowest BCUT2D eigenvalue weighted by Crippen LogP contribution is -2.22. The molecule has 0 fully saturated rings. The second kappa shape index (κ2) is 7.09. The molecule has 1 heterocycles. The van der Waals surface area contributed by atoms with Crippen molar-refractivity contribution in [3.8, 4) is 11.5 Å². The molecule has 0 aliphatic rings. The van der Waals surface area contributed by atoms with Crippen molar-refractivity contribution in [3.63, 3.8) is 0 Å². The van der Waals surface area contributed by atoms with Crippen LogP contribution in [0.25, 0.3) is 0 Å². The molecule has 1 unspecified atom stereocenters. The number of phenols is 1. The molecule has 0 bridgehead atoms. The summed E-state index contributed by atoms with van der Waals surface area (Å²) in [7, 11) is 0. The second-order valence-electron chi connectivity index (χ2n) is 5.23. The normalized spacial score (nSPS) is 12.1. The number of aryl methyl sites for hydroxylation is 1. The molecule has 1 aromatic heterocycles. The Kier molecular flexibility index (Phi) is 5.17. The van der Waals surface area contributed by atoms with Crippen LogP contribution in [0.1, 0.15) is 30.3 Å². The second-order valence-corrected chi connectivity index (χ2v) is 5.23. The molecule has 4 heteroatoms. The van der Waals surface area contributed by atoms with E-state index in [2.05, 4.69) is 11.9 Å².